The van der Waals surface area contributed by atoms with Crippen LogP contribution in [0.1, 0.15) is 17.5 Å². The summed E-state index contributed by atoms with van der Waals surface area (Å²) < 4.78 is 11.4. The number of aryl methyl sites for hydroxylation is 2. The second-order valence-corrected chi connectivity index (χ2v) is 4.60. The van der Waals surface area contributed by atoms with Crippen molar-refractivity contribution in [3.63, 3.8) is 0 Å². The van der Waals surface area contributed by atoms with Crippen molar-refractivity contribution < 1.29 is 9.47 Å². The largest absolute Gasteiger partial charge is 0.493 e. The van der Waals surface area contributed by atoms with Gasteiger partial charge >= 0.3 is 0 Å². The molecule has 1 fully saturated rings. The number of morpholine rings is 1. The van der Waals surface area contributed by atoms with Gasteiger partial charge in [0.2, 0.25) is 0 Å². The number of hydrogen-bond donors (Lipinski definition) is 1. The van der Waals surface area contributed by atoms with E-state index in [1.165, 1.54) is 11.1 Å². The average molecular weight is 235 g/mol. The van der Waals surface area contributed by atoms with E-state index in [1.54, 1.807) is 0 Å². The van der Waals surface area contributed by atoms with Gasteiger partial charge in [0.05, 0.1) is 19.3 Å². The lowest BCUT2D eigenvalue weighted by Crippen LogP contribution is -2.39. The third-order valence-corrected chi connectivity index (χ3v) is 3.05. The van der Waals surface area contributed by atoms with Crippen LogP contribution >= 0.6 is 0 Å². The molecule has 1 unspecified atom stereocenters. The molecule has 1 aliphatic rings. The third kappa shape index (κ3) is 3.72. The zero-order valence-electron chi connectivity index (χ0n) is 10.7. The molecule has 0 radical (unpaired) electrons. The van der Waals surface area contributed by atoms with E-state index < -0.39 is 0 Å². The minimum Gasteiger partial charge on any atom is -0.493 e. The van der Waals surface area contributed by atoms with Crippen LogP contribution in [0.4, 0.5) is 0 Å². The summed E-state index contributed by atoms with van der Waals surface area (Å²) in [5.74, 6) is 0.994. The highest BCUT2D eigenvalue weighted by Gasteiger charge is 2.13. The van der Waals surface area contributed by atoms with E-state index in [0.29, 0.717) is 6.10 Å². The second-order valence-electron chi connectivity index (χ2n) is 4.60. The maximum atomic E-state index is 5.81. The molecular formula is C14H21NO2. The first kappa shape index (κ1) is 12.4. The molecule has 0 bridgehead atoms. The van der Waals surface area contributed by atoms with Gasteiger partial charge in [0.1, 0.15) is 5.75 Å². The van der Waals surface area contributed by atoms with Gasteiger partial charge in [0, 0.05) is 19.5 Å². The Labute approximate surface area is 103 Å². The molecule has 1 atom stereocenters. The molecule has 1 heterocycles. The van der Waals surface area contributed by atoms with Gasteiger partial charge in [0.25, 0.3) is 0 Å². The van der Waals surface area contributed by atoms with Crippen molar-refractivity contribution in [3.05, 3.63) is 29.3 Å². The first-order valence-corrected chi connectivity index (χ1v) is 6.28. The molecule has 0 amide bonds. The Morgan fingerprint density at radius 1 is 1.41 bits per heavy atom. The van der Waals surface area contributed by atoms with Gasteiger partial charge in [0.15, 0.2) is 0 Å². The highest BCUT2D eigenvalue weighted by molar-refractivity contribution is 5.35. The first-order chi connectivity index (χ1) is 8.25. The summed E-state index contributed by atoms with van der Waals surface area (Å²) >= 11 is 0. The lowest BCUT2D eigenvalue weighted by molar-refractivity contribution is 0.0158. The Kier molecular flexibility index (Phi) is 4.40. The molecule has 0 saturated carbocycles. The monoisotopic (exact) mass is 235 g/mol. The van der Waals surface area contributed by atoms with Crippen LogP contribution in [-0.2, 0) is 4.74 Å². The molecule has 3 nitrogen and oxygen atoms in total. The summed E-state index contributed by atoms with van der Waals surface area (Å²) in [4.78, 5) is 0. The van der Waals surface area contributed by atoms with Crippen molar-refractivity contribution in [1.82, 2.24) is 5.32 Å². The van der Waals surface area contributed by atoms with E-state index in [2.05, 4.69) is 37.4 Å². The van der Waals surface area contributed by atoms with E-state index in [0.717, 1.165) is 38.5 Å². The molecule has 1 aliphatic heterocycles. The fourth-order valence-corrected chi connectivity index (χ4v) is 1.97. The fraction of sp³-hybridized carbons (Fsp3) is 0.571. The highest BCUT2D eigenvalue weighted by atomic mass is 16.5. The molecule has 0 aliphatic carbocycles. The quantitative estimate of drug-likeness (QED) is 0.866. The van der Waals surface area contributed by atoms with Crippen LogP contribution in [0.5, 0.6) is 5.75 Å². The van der Waals surface area contributed by atoms with Crippen molar-refractivity contribution in [1.29, 1.82) is 0 Å². The summed E-state index contributed by atoms with van der Waals surface area (Å²) in [5, 5.41) is 3.32. The van der Waals surface area contributed by atoms with Crippen molar-refractivity contribution in [2.75, 3.05) is 26.3 Å². The molecule has 94 valence electrons. The summed E-state index contributed by atoms with van der Waals surface area (Å²) in [5.41, 5.74) is 2.43. The maximum Gasteiger partial charge on any atom is 0.122 e. The maximum absolute atomic E-state index is 5.81. The van der Waals surface area contributed by atoms with Gasteiger partial charge in [-0.05, 0) is 31.0 Å². The molecule has 0 aromatic heterocycles. The van der Waals surface area contributed by atoms with Crippen LogP contribution in [0.2, 0.25) is 0 Å². The number of nitrogens with one attached hydrogen (secondary N) is 1. The van der Waals surface area contributed by atoms with Crippen molar-refractivity contribution in [3.8, 4) is 5.75 Å². The Balaban J connectivity index is 1.79. The van der Waals surface area contributed by atoms with Crippen molar-refractivity contribution in [2.45, 2.75) is 26.4 Å². The van der Waals surface area contributed by atoms with Crippen LogP contribution in [-0.4, -0.2) is 32.4 Å². The van der Waals surface area contributed by atoms with Crippen molar-refractivity contribution in [2.24, 2.45) is 0 Å². The fourth-order valence-electron chi connectivity index (χ4n) is 1.97. The minimum absolute atomic E-state index is 0.300. The van der Waals surface area contributed by atoms with Gasteiger partial charge < -0.3 is 14.8 Å². The summed E-state index contributed by atoms with van der Waals surface area (Å²) in [6, 6.07) is 6.30. The molecule has 1 N–H and O–H groups in total. The number of ether oxygens (including phenoxy) is 2. The predicted molar refractivity (Wildman–Crippen MR) is 68.6 cm³/mol. The Hall–Kier alpha value is -1.06. The number of benzene rings is 1. The topological polar surface area (TPSA) is 30.5 Å². The molecule has 3 heteroatoms. The lowest BCUT2D eigenvalue weighted by Gasteiger charge is -2.23. The number of hydrogen-bond acceptors (Lipinski definition) is 3. The Morgan fingerprint density at radius 3 is 3.06 bits per heavy atom. The number of rotatable bonds is 4. The molecule has 0 spiro atoms. The summed E-state index contributed by atoms with van der Waals surface area (Å²) in [7, 11) is 0. The molecular weight excluding hydrogens is 214 g/mol. The second kappa shape index (κ2) is 6.03. The van der Waals surface area contributed by atoms with Gasteiger partial charge in [-0.15, -0.1) is 0 Å². The highest BCUT2D eigenvalue weighted by Crippen LogP contribution is 2.19. The van der Waals surface area contributed by atoms with Gasteiger partial charge in [-0.3, -0.25) is 0 Å². The van der Waals surface area contributed by atoms with Gasteiger partial charge in [-0.1, -0.05) is 12.1 Å². The van der Waals surface area contributed by atoms with E-state index in [1.807, 2.05) is 0 Å². The van der Waals surface area contributed by atoms with E-state index >= 15 is 0 Å². The van der Waals surface area contributed by atoms with Crippen molar-refractivity contribution >= 4 is 0 Å². The molecule has 1 aromatic rings. The molecule has 2 rings (SSSR count). The van der Waals surface area contributed by atoms with Crippen LogP contribution < -0.4 is 10.1 Å². The summed E-state index contributed by atoms with van der Waals surface area (Å²) in [6.07, 6.45) is 1.24. The van der Waals surface area contributed by atoms with Crippen LogP contribution in [0.3, 0.4) is 0 Å². The lowest BCUT2D eigenvalue weighted by atomic mass is 10.1. The predicted octanol–water partition coefficient (Wildman–Crippen LogP) is 2.06. The van der Waals surface area contributed by atoms with Crippen LogP contribution in [0, 0.1) is 13.8 Å². The minimum atomic E-state index is 0.300. The zero-order valence-corrected chi connectivity index (χ0v) is 10.7. The molecule has 1 aromatic carbocycles. The van der Waals surface area contributed by atoms with Gasteiger partial charge in [-0.2, -0.15) is 0 Å². The van der Waals surface area contributed by atoms with Gasteiger partial charge in [-0.25, -0.2) is 0 Å². The normalized spacial score (nSPS) is 20.2. The first-order valence-electron chi connectivity index (χ1n) is 6.28. The SMILES string of the molecule is Cc1ccc(C)c(OCCC2CNCCO2)c1. The average Bonchev–Trinajstić information content (AvgIpc) is 2.35. The van der Waals surface area contributed by atoms with E-state index in [4.69, 9.17) is 9.47 Å². The molecule has 1 saturated heterocycles. The Morgan fingerprint density at radius 2 is 2.29 bits per heavy atom. The van der Waals surface area contributed by atoms with Crippen LogP contribution in [0.15, 0.2) is 18.2 Å². The summed E-state index contributed by atoms with van der Waals surface area (Å²) in [6.45, 7) is 7.60. The Bertz CT molecular complexity index is 359. The molecule has 17 heavy (non-hydrogen) atoms. The zero-order chi connectivity index (χ0) is 12.1. The van der Waals surface area contributed by atoms with E-state index in [-0.39, 0.29) is 0 Å². The van der Waals surface area contributed by atoms with Crippen LogP contribution in [0.25, 0.3) is 0 Å². The standard InChI is InChI=1S/C14H21NO2/c1-11-3-4-12(2)14(9-11)17-7-5-13-10-15-6-8-16-13/h3-4,9,13,15H,5-8,10H2,1-2H3. The third-order valence-electron chi connectivity index (χ3n) is 3.05. The smallest absolute Gasteiger partial charge is 0.122 e. The van der Waals surface area contributed by atoms with E-state index in [9.17, 15) is 0 Å².